The van der Waals surface area contributed by atoms with Crippen molar-refractivity contribution in [3.05, 3.63) is 109 Å². The number of aryl methyl sites for hydroxylation is 1. The number of benzene rings is 3. The first-order chi connectivity index (χ1) is 20.4. The summed E-state index contributed by atoms with van der Waals surface area (Å²) in [6.45, 7) is 8.17. The van der Waals surface area contributed by atoms with Gasteiger partial charge in [0, 0.05) is 21.0 Å². The van der Waals surface area contributed by atoms with E-state index in [0.29, 0.717) is 21.3 Å². The normalized spacial score (nSPS) is 19.7. The van der Waals surface area contributed by atoms with E-state index in [-0.39, 0.29) is 34.6 Å². The highest BCUT2D eigenvalue weighted by molar-refractivity contribution is 9.10. The number of thiazole rings is 1. The molecule has 1 fully saturated rings. The number of nitrogens with one attached hydrogen (secondary N) is 1. The van der Waals surface area contributed by atoms with Crippen molar-refractivity contribution in [2.45, 2.75) is 55.8 Å². The summed E-state index contributed by atoms with van der Waals surface area (Å²) in [6.07, 6.45) is 0. The zero-order valence-electron chi connectivity index (χ0n) is 24.1. The molecule has 7 nitrogen and oxygen atoms in total. The van der Waals surface area contributed by atoms with E-state index in [1.54, 1.807) is 24.3 Å². The molecule has 0 radical (unpaired) electrons. The largest absolute Gasteiger partial charge is 0.325 e. The average molecular weight is 677 g/mol. The molecule has 3 heterocycles. The number of rotatable bonds is 5. The molecule has 43 heavy (non-hydrogen) atoms. The molecule has 2 unspecified atom stereocenters. The minimum absolute atomic E-state index is 0.0644. The molecular weight excluding hydrogens is 646 g/mol. The van der Waals surface area contributed by atoms with Crippen molar-refractivity contribution < 1.29 is 14.4 Å². The fraction of sp³-hybridized carbons (Fsp3) is 0.273. The lowest BCUT2D eigenvalue weighted by molar-refractivity contribution is -0.122. The molecule has 2 aliphatic heterocycles. The van der Waals surface area contributed by atoms with E-state index in [2.05, 4.69) is 42.0 Å². The van der Waals surface area contributed by atoms with Gasteiger partial charge in [-0.3, -0.25) is 23.7 Å². The van der Waals surface area contributed by atoms with Crippen LogP contribution in [-0.4, -0.2) is 27.5 Å². The molecule has 1 N–H and O–H groups in total. The van der Waals surface area contributed by atoms with Crippen molar-refractivity contribution in [2.75, 3.05) is 10.2 Å². The Bertz CT molecular complexity index is 1790. The van der Waals surface area contributed by atoms with E-state index in [0.717, 1.165) is 32.5 Å². The van der Waals surface area contributed by atoms with Crippen LogP contribution in [0, 0.1) is 12.8 Å². The Labute approximate surface area is 266 Å². The molecule has 6 rings (SSSR count). The first-order valence-electron chi connectivity index (χ1n) is 13.9. The number of aromatic nitrogens is 1. The lowest BCUT2D eigenvalue weighted by atomic mass is 9.81. The lowest BCUT2D eigenvalue weighted by Gasteiger charge is -2.31. The molecule has 0 bridgehead atoms. The van der Waals surface area contributed by atoms with Crippen LogP contribution in [0.1, 0.15) is 48.3 Å². The number of nitrogens with zero attached hydrogens (tertiary/aromatic N) is 2. The van der Waals surface area contributed by atoms with E-state index in [9.17, 15) is 19.2 Å². The molecule has 0 saturated carbocycles. The summed E-state index contributed by atoms with van der Waals surface area (Å²) in [5.74, 6) is -2.15. The van der Waals surface area contributed by atoms with Crippen LogP contribution in [0.15, 0.2) is 87.1 Å². The number of anilines is 2. The van der Waals surface area contributed by atoms with Gasteiger partial charge in [-0.25, -0.2) is 4.90 Å². The topological polar surface area (TPSA) is 88.5 Å². The second-order valence-electron chi connectivity index (χ2n) is 11.9. The molecule has 220 valence electrons. The van der Waals surface area contributed by atoms with Crippen LogP contribution < -0.4 is 15.1 Å². The summed E-state index contributed by atoms with van der Waals surface area (Å²) in [4.78, 5) is 56.2. The highest BCUT2D eigenvalue weighted by atomic mass is 79.9. The fourth-order valence-electron chi connectivity index (χ4n) is 5.63. The average Bonchev–Trinajstić information content (AvgIpc) is 3.40. The Morgan fingerprint density at radius 1 is 0.907 bits per heavy atom. The minimum Gasteiger partial charge on any atom is -0.325 e. The van der Waals surface area contributed by atoms with Gasteiger partial charge in [-0.15, -0.1) is 0 Å². The van der Waals surface area contributed by atoms with Crippen LogP contribution in [0.4, 0.5) is 11.4 Å². The van der Waals surface area contributed by atoms with Gasteiger partial charge in [-0.05, 0) is 59.9 Å². The van der Waals surface area contributed by atoms with E-state index >= 15 is 0 Å². The molecule has 3 amide bonds. The van der Waals surface area contributed by atoms with Gasteiger partial charge in [0.05, 0.1) is 16.6 Å². The van der Waals surface area contributed by atoms with Crippen molar-refractivity contribution >= 4 is 68.1 Å². The number of fused-ring (bicyclic) bond motifs is 2. The SMILES string of the molecule is Cc1ccc(NC(=O)Cn2c3c(sc2=O)[C@@H](c2ccc(C(C)(C)C)cc2)C2C(=O)N(c4ccc(Br)cc4)C(=O)C2S3)cc1. The number of hydrogen-bond donors (Lipinski definition) is 1. The van der Waals surface area contributed by atoms with E-state index in [4.69, 9.17) is 0 Å². The summed E-state index contributed by atoms with van der Waals surface area (Å²) in [5.41, 5.74) is 4.15. The number of amides is 3. The number of imide groups is 1. The van der Waals surface area contributed by atoms with Gasteiger partial charge in [0.2, 0.25) is 17.7 Å². The van der Waals surface area contributed by atoms with Crippen LogP contribution in [-0.2, 0) is 26.3 Å². The van der Waals surface area contributed by atoms with Crippen LogP contribution in [0.3, 0.4) is 0 Å². The maximum absolute atomic E-state index is 14.1. The molecule has 10 heteroatoms. The Kier molecular flexibility index (Phi) is 7.73. The van der Waals surface area contributed by atoms with Gasteiger partial charge in [0.25, 0.3) is 0 Å². The van der Waals surface area contributed by atoms with Crippen LogP contribution in [0.25, 0.3) is 0 Å². The quantitative estimate of drug-likeness (QED) is 0.238. The summed E-state index contributed by atoms with van der Waals surface area (Å²) in [7, 11) is 0. The molecule has 1 saturated heterocycles. The van der Waals surface area contributed by atoms with Gasteiger partial charge < -0.3 is 5.32 Å². The number of halogens is 1. The number of hydrogen-bond acceptors (Lipinski definition) is 6. The van der Waals surface area contributed by atoms with E-state index in [1.807, 2.05) is 55.5 Å². The zero-order valence-corrected chi connectivity index (χ0v) is 27.3. The van der Waals surface area contributed by atoms with Crippen molar-refractivity contribution in [1.82, 2.24) is 4.57 Å². The predicted octanol–water partition coefficient (Wildman–Crippen LogP) is 6.71. The second kappa shape index (κ2) is 11.2. The van der Waals surface area contributed by atoms with Crippen molar-refractivity contribution in [2.24, 2.45) is 5.92 Å². The summed E-state index contributed by atoms with van der Waals surface area (Å²) < 4.78 is 2.29. The van der Waals surface area contributed by atoms with Gasteiger partial charge >= 0.3 is 4.87 Å². The van der Waals surface area contributed by atoms with Crippen molar-refractivity contribution in [3.63, 3.8) is 0 Å². The summed E-state index contributed by atoms with van der Waals surface area (Å²) >= 11 is 5.69. The molecule has 3 atom stereocenters. The van der Waals surface area contributed by atoms with Crippen LogP contribution in [0.2, 0.25) is 0 Å². The monoisotopic (exact) mass is 675 g/mol. The minimum atomic E-state index is -0.739. The second-order valence-corrected chi connectivity index (χ2v) is 15.0. The Morgan fingerprint density at radius 3 is 2.19 bits per heavy atom. The van der Waals surface area contributed by atoms with Crippen LogP contribution in [0.5, 0.6) is 0 Å². The first-order valence-corrected chi connectivity index (χ1v) is 16.4. The third kappa shape index (κ3) is 5.52. The van der Waals surface area contributed by atoms with Crippen molar-refractivity contribution in [3.8, 4) is 0 Å². The molecule has 4 aromatic rings. The van der Waals surface area contributed by atoms with Crippen LogP contribution >= 0.6 is 39.0 Å². The molecule has 0 aliphatic carbocycles. The molecule has 2 aliphatic rings. The third-order valence-electron chi connectivity index (χ3n) is 7.91. The Hall–Kier alpha value is -3.47. The third-order valence-corrected chi connectivity index (χ3v) is 11.0. The maximum Gasteiger partial charge on any atom is 0.308 e. The lowest BCUT2D eigenvalue weighted by Crippen LogP contribution is -2.33. The smallest absolute Gasteiger partial charge is 0.308 e. The fourth-order valence-corrected chi connectivity index (χ4v) is 8.67. The van der Waals surface area contributed by atoms with E-state index in [1.165, 1.54) is 21.2 Å². The van der Waals surface area contributed by atoms with Gasteiger partial charge in [-0.1, -0.05) is 102 Å². The first kappa shape index (κ1) is 29.6. The maximum atomic E-state index is 14.1. The Morgan fingerprint density at radius 2 is 1.56 bits per heavy atom. The van der Waals surface area contributed by atoms with Gasteiger partial charge in [-0.2, -0.15) is 0 Å². The summed E-state index contributed by atoms with van der Waals surface area (Å²) in [6, 6.07) is 22.6. The number of carbonyl (C=O) groups excluding carboxylic acids is 3. The van der Waals surface area contributed by atoms with Crippen molar-refractivity contribution in [1.29, 1.82) is 0 Å². The highest BCUT2D eigenvalue weighted by Crippen LogP contribution is 2.54. The number of thioether (sulfide) groups is 1. The summed E-state index contributed by atoms with van der Waals surface area (Å²) in [5, 5.41) is 2.69. The van der Waals surface area contributed by atoms with Gasteiger partial charge in [0.1, 0.15) is 11.8 Å². The van der Waals surface area contributed by atoms with E-state index < -0.39 is 17.1 Å². The highest BCUT2D eigenvalue weighted by Gasteiger charge is 2.56. The molecule has 3 aromatic carbocycles. The van der Waals surface area contributed by atoms with Gasteiger partial charge in [0.15, 0.2) is 0 Å². The molecule has 1 aromatic heterocycles. The zero-order chi connectivity index (χ0) is 30.6. The molecule has 0 spiro atoms. The predicted molar refractivity (Wildman–Crippen MR) is 175 cm³/mol. The number of carbonyl (C=O) groups is 3. The Balaban J connectivity index is 1.41. The molecular formula is C33H30BrN3O4S2. The standard InChI is InChI=1S/C33H30BrN3O4S2/c1-18-5-13-22(14-6-18)35-24(38)17-36-31-28(43-32(36)41)25(19-7-9-20(10-8-19)33(2,3)4)26-27(42-31)30(40)37(29(26)39)23-15-11-21(34)12-16-23/h5-16,25-27H,17H2,1-4H3,(H,35,38)/t25-,26?,27?/m0/s1.